The van der Waals surface area contributed by atoms with Gasteiger partial charge in [0.25, 0.3) is 10.0 Å². The molecule has 0 radical (unpaired) electrons. The van der Waals surface area contributed by atoms with Crippen LogP contribution in [0.3, 0.4) is 0 Å². The van der Waals surface area contributed by atoms with Crippen LogP contribution in [0, 0.1) is 0 Å². The highest BCUT2D eigenvalue weighted by Gasteiger charge is 2.35. The second-order valence-electron chi connectivity index (χ2n) is 4.65. The number of rotatable bonds is 4. The molecule has 0 amide bonds. The molecule has 18 heavy (non-hydrogen) atoms. The van der Waals surface area contributed by atoms with E-state index >= 15 is 0 Å². The van der Waals surface area contributed by atoms with Gasteiger partial charge in [0, 0.05) is 19.1 Å². The molecule has 0 aliphatic carbocycles. The molecular weight excluding hydrogens is 256 g/mol. The minimum absolute atomic E-state index is 0.0917. The van der Waals surface area contributed by atoms with Crippen molar-refractivity contribution in [2.75, 3.05) is 27.2 Å². The van der Waals surface area contributed by atoms with Crippen LogP contribution < -0.4 is 0 Å². The van der Waals surface area contributed by atoms with Crippen LogP contribution in [0.25, 0.3) is 0 Å². The Kier molecular flexibility index (Phi) is 3.76. The first-order chi connectivity index (χ1) is 8.45. The molecule has 0 aromatic carbocycles. The van der Waals surface area contributed by atoms with Crippen molar-refractivity contribution in [3.05, 3.63) is 17.9 Å². The molecule has 0 bridgehead atoms. The van der Waals surface area contributed by atoms with E-state index in [0.717, 1.165) is 6.42 Å². The molecule has 102 valence electrons. The van der Waals surface area contributed by atoms with Gasteiger partial charge in [-0.15, -0.1) is 0 Å². The highest BCUT2D eigenvalue weighted by molar-refractivity contribution is 7.89. The van der Waals surface area contributed by atoms with Gasteiger partial charge in [0.1, 0.15) is 12.4 Å². The van der Waals surface area contributed by atoms with Crippen molar-refractivity contribution in [1.82, 2.24) is 9.21 Å². The zero-order valence-corrected chi connectivity index (χ0v) is 11.4. The Morgan fingerprint density at radius 3 is 2.72 bits per heavy atom. The Morgan fingerprint density at radius 1 is 1.50 bits per heavy atom. The summed E-state index contributed by atoms with van der Waals surface area (Å²) in [5, 5.41) is 8.80. The summed E-state index contributed by atoms with van der Waals surface area (Å²) in [6, 6.07) is 3.11. The second kappa shape index (κ2) is 5.00. The van der Waals surface area contributed by atoms with E-state index < -0.39 is 10.0 Å². The third-order valence-corrected chi connectivity index (χ3v) is 4.98. The van der Waals surface area contributed by atoms with E-state index in [4.69, 9.17) is 9.52 Å². The maximum absolute atomic E-state index is 12.3. The summed E-state index contributed by atoms with van der Waals surface area (Å²) in [5.41, 5.74) is 0. The second-order valence-corrected chi connectivity index (χ2v) is 6.52. The molecule has 2 rings (SSSR count). The fourth-order valence-corrected chi connectivity index (χ4v) is 3.48. The monoisotopic (exact) mass is 274 g/mol. The van der Waals surface area contributed by atoms with Gasteiger partial charge in [-0.05, 0) is 32.6 Å². The molecule has 1 aromatic rings. The Labute approximate surface area is 107 Å². The van der Waals surface area contributed by atoms with Gasteiger partial charge in [-0.2, -0.15) is 4.31 Å². The molecule has 1 atom stereocenters. The van der Waals surface area contributed by atoms with Crippen molar-refractivity contribution < 1.29 is 17.9 Å². The van der Waals surface area contributed by atoms with Gasteiger partial charge >= 0.3 is 0 Å². The number of furan rings is 1. The summed E-state index contributed by atoms with van der Waals surface area (Å²) >= 11 is 0. The normalized spacial score (nSPS) is 21.9. The summed E-state index contributed by atoms with van der Waals surface area (Å²) in [5.74, 6) is 0.261. The molecule has 1 fully saturated rings. The lowest BCUT2D eigenvalue weighted by atomic mass is 10.2. The van der Waals surface area contributed by atoms with E-state index in [1.165, 1.54) is 16.4 Å². The van der Waals surface area contributed by atoms with Crippen LogP contribution in [0.5, 0.6) is 0 Å². The van der Waals surface area contributed by atoms with Gasteiger partial charge in [-0.25, -0.2) is 8.42 Å². The highest BCUT2D eigenvalue weighted by atomic mass is 32.2. The fraction of sp³-hybridized carbons (Fsp3) is 0.636. The summed E-state index contributed by atoms with van der Waals surface area (Å²) in [7, 11) is 0.319. The smallest absolute Gasteiger partial charge is 0.276 e. The molecule has 1 N–H and O–H groups in total. The predicted molar refractivity (Wildman–Crippen MR) is 65.5 cm³/mol. The minimum Gasteiger partial charge on any atom is -0.446 e. The topological polar surface area (TPSA) is 74.0 Å². The lowest BCUT2D eigenvalue weighted by molar-refractivity contribution is 0.235. The third kappa shape index (κ3) is 2.44. The van der Waals surface area contributed by atoms with Gasteiger partial charge in [0.15, 0.2) is 0 Å². The van der Waals surface area contributed by atoms with Crippen LogP contribution in [0.1, 0.15) is 12.2 Å². The maximum Gasteiger partial charge on any atom is 0.276 e. The first-order valence-electron chi connectivity index (χ1n) is 5.81. The van der Waals surface area contributed by atoms with Crippen molar-refractivity contribution in [3.8, 4) is 0 Å². The number of likely N-dealkylation sites (N-methyl/N-ethyl adjacent to an activating group) is 1. The number of aliphatic hydroxyl groups is 1. The number of hydrogen-bond acceptors (Lipinski definition) is 5. The van der Waals surface area contributed by atoms with Gasteiger partial charge in [0.2, 0.25) is 5.09 Å². The largest absolute Gasteiger partial charge is 0.446 e. The Hall–Kier alpha value is -0.890. The van der Waals surface area contributed by atoms with Crippen LogP contribution in [0.2, 0.25) is 0 Å². The Bertz CT molecular complexity index is 509. The molecule has 7 heteroatoms. The van der Waals surface area contributed by atoms with Crippen molar-refractivity contribution in [1.29, 1.82) is 0 Å². The lowest BCUT2D eigenvalue weighted by Crippen LogP contribution is -2.34. The number of hydrogen-bond donors (Lipinski definition) is 1. The van der Waals surface area contributed by atoms with E-state index in [1.807, 2.05) is 19.0 Å². The van der Waals surface area contributed by atoms with E-state index in [0.29, 0.717) is 13.1 Å². The molecule has 1 unspecified atom stereocenters. The van der Waals surface area contributed by atoms with E-state index in [9.17, 15) is 8.42 Å². The van der Waals surface area contributed by atoms with Crippen molar-refractivity contribution in [2.45, 2.75) is 24.2 Å². The zero-order chi connectivity index (χ0) is 13.3. The van der Waals surface area contributed by atoms with Gasteiger partial charge in [0.05, 0.1) is 0 Å². The number of aliphatic hydroxyl groups excluding tert-OH is 1. The van der Waals surface area contributed by atoms with E-state index in [1.54, 1.807) is 0 Å². The molecule has 2 heterocycles. The van der Waals surface area contributed by atoms with E-state index in [2.05, 4.69) is 0 Å². The average molecular weight is 274 g/mol. The first-order valence-corrected chi connectivity index (χ1v) is 7.25. The summed E-state index contributed by atoms with van der Waals surface area (Å²) < 4.78 is 31.1. The van der Waals surface area contributed by atoms with Crippen LogP contribution >= 0.6 is 0 Å². The molecule has 6 nitrogen and oxygen atoms in total. The Morgan fingerprint density at radius 2 is 2.22 bits per heavy atom. The van der Waals surface area contributed by atoms with Crippen molar-refractivity contribution >= 4 is 10.0 Å². The third-order valence-electron chi connectivity index (χ3n) is 3.24. The predicted octanol–water partition coefficient (Wildman–Crippen LogP) is 0.0965. The van der Waals surface area contributed by atoms with Crippen LogP contribution in [-0.4, -0.2) is 56.0 Å². The van der Waals surface area contributed by atoms with Gasteiger partial charge in [-0.1, -0.05) is 0 Å². The first kappa shape index (κ1) is 13.5. The molecule has 0 saturated carbocycles. The van der Waals surface area contributed by atoms with Crippen molar-refractivity contribution in [2.24, 2.45) is 0 Å². The van der Waals surface area contributed by atoms with Crippen molar-refractivity contribution in [3.63, 3.8) is 0 Å². The van der Waals surface area contributed by atoms with E-state index in [-0.39, 0.29) is 23.5 Å². The van der Waals surface area contributed by atoms with Gasteiger partial charge < -0.3 is 14.4 Å². The lowest BCUT2D eigenvalue weighted by Gasteiger charge is -2.19. The number of sulfonamides is 1. The Balaban J connectivity index is 2.17. The number of nitrogens with zero attached hydrogens (tertiary/aromatic N) is 2. The van der Waals surface area contributed by atoms with Gasteiger partial charge in [-0.3, -0.25) is 0 Å². The standard InChI is InChI=1S/C11H18N2O4S/c1-12(2)9-5-6-13(7-9)18(15,16)11-4-3-10(8-14)17-11/h3-4,9,14H,5-8H2,1-2H3. The molecule has 1 aliphatic heterocycles. The minimum atomic E-state index is -3.57. The highest BCUT2D eigenvalue weighted by Crippen LogP contribution is 2.24. The molecule has 1 aromatic heterocycles. The molecule has 1 aliphatic rings. The SMILES string of the molecule is CN(C)C1CCN(S(=O)(=O)c2ccc(CO)o2)C1. The average Bonchev–Trinajstić information content (AvgIpc) is 2.98. The summed E-state index contributed by atoms with van der Waals surface area (Å²) in [6.45, 7) is 0.681. The van der Waals surface area contributed by atoms with Crippen LogP contribution in [-0.2, 0) is 16.6 Å². The fourth-order valence-electron chi connectivity index (χ4n) is 2.06. The molecule has 0 spiro atoms. The zero-order valence-electron chi connectivity index (χ0n) is 10.5. The maximum atomic E-state index is 12.3. The summed E-state index contributed by atoms with van der Waals surface area (Å²) in [6.07, 6.45) is 0.819. The molecule has 1 saturated heterocycles. The van der Waals surface area contributed by atoms with Crippen LogP contribution in [0.15, 0.2) is 21.6 Å². The summed E-state index contributed by atoms with van der Waals surface area (Å²) in [4.78, 5) is 2.02. The van der Waals surface area contributed by atoms with Crippen LogP contribution in [0.4, 0.5) is 0 Å². The molecular formula is C11H18N2O4S. The quantitative estimate of drug-likeness (QED) is 0.842.